The van der Waals surface area contributed by atoms with Gasteiger partial charge in [0.05, 0.1) is 12.8 Å². The second-order valence-corrected chi connectivity index (χ2v) is 4.86. The van der Waals surface area contributed by atoms with Crippen LogP contribution in [0.3, 0.4) is 0 Å². The van der Waals surface area contributed by atoms with Gasteiger partial charge >= 0.3 is 0 Å². The number of nitrogens with two attached hydrogens (primary N) is 1. The van der Waals surface area contributed by atoms with Crippen molar-refractivity contribution in [3.05, 3.63) is 54.1 Å². The van der Waals surface area contributed by atoms with Gasteiger partial charge in [-0.2, -0.15) is 10.4 Å². The summed E-state index contributed by atoms with van der Waals surface area (Å²) in [5, 5.41) is 22.4. The topological polar surface area (TPSA) is 136 Å². The average molecular weight is 336 g/mol. The summed E-state index contributed by atoms with van der Waals surface area (Å²) in [5.74, 6) is -0.0528. The molecule has 25 heavy (non-hydrogen) atoms. The Morgan fingerprint density at radius 3 is 2.56 bits per heavy atom. The molecular weight excluding hydrogens is 320 g/mol. The van der Waals surface area contributed by atoms with E-state index >= 15 is 0 Å². The van der Waals surface area contributed by atoms with Gasteiger partial charge in [-0.3, -0.25) is 15.6 Å². The molecule has 0 aliphatic carbocycles. The zero-order valence-electron chi connectivity index (χ0n) is 13.4. The van der Waals surface area contributed by atoms with Crippen LogP contribution in [0.5, 0.6) is 5.75 Å². The molecule has 8 heteroatoms. The van der Waals surface area contributed by atoms with Gasteiger partial charge in [-0.05, 0) is 36.4 Å². The minimum atomic E-state index is -0.427. The molecule has 0 aliphatic heterocycles. The first-order chi connectivity index (χ1) is 12.0. The standard InChI is InChI=1S/C17H16N6O2/c1-25-14-4-2-3-13(9-14)21-17(24)11-5-7-12(8-6-11)22-23-15(10-18)16(19)20/h2-9,22H,1H3,(H3,19,20)(H,21,24)/b23-15+. The number of methoxy groups -OCH3 is 1. The molecule has 0 aliphatic rings. The van der Waals surface area contributed by atoms with Crippen molar-refractivity contribution in [3.63, 3.8) is 0 Å². The van der Waals surface area contributed by atoms with Gasteiger partial charge in [-0.15, -0.1) is 0 Å². The highest BCUT2D eigenvalue weighted by Gasteiger charge is 2.07. The van der Waals surface area contributed by atoms with Crippen molar-refractivity contribution in [3.8, 4) is 11.8 Å². The zero-order chi connectivity index (χ0) is 18.2. The van der Waals surface area contributed by atoms with Crippen LogP contribution in [0.15, 0.2) is 53.6 Å². The van der Waals surface area contributed by atoms with Gasteiger partial charge < -0.3 is 15.8 Å². The van der Waals surface area contributed by atoms with Crippen LogP contribution in [-0.2, 0) is 0 Å². The number of nitriles is 1. The van der Waals surface area contributed by atoms with Crippen LogP contribution in [0.2, 0.25) is 0 Å². The zero-order valence-corrected chi connectivity index (χ0v) is 13.4. The highest BCUT2D eigenvalue weighted by atomic mass is 16.5. The number of carbonyl (C=O) groups excluding carboxylic acids is 1. The van der Waals surface area contributed by atoms with Crippen LogP contribution in [0.25, 0.3) is 0 Å². The molecule has 0 fully saturated rings. The molecule has 0 radical (unpaired) electrons. The number of rotatable bonds is 6. The maximum atomic E-state index is 12.2. The third kappa shape index (κ3) is 4.80. The third-order valence-electron chi connectivity index (χ3n) is 3.13. The number of hydrogen-bond acceptors (Lipinski definition) is 6. The molecule has 0 saturated carbocycles. The van der Waals surface area contributed by atoms with Gasteiger partial charge in [0.15, 0.2) is 5.84 Å². The largest absolute Gasteiger partial charge is 0.497 e. The fourth-order valence-electron chi connectivity index (χ4n) is 1.87. The maximum absolute atomic E-state index is 12.2. The number of nitrogens with zero attached hydrogens (tertiary/aromatic N) is 2. The van der Waals surface area contributed by atoms with Crippen LogP contribution >= 0.6 is 0 Å². The smallest absolute Gasteiger partial charge is 0.255 e. The number of ether oxygens (including phenoxy) is 1. The summed E-state index contributed by atoms with van der Waals surface area (Å²) in [4.78, 5) is 12.2. The first kappa shape index (κ1) is 17.5. The highest BCUT2D eigenvalue weighted by molar-refractivity contribution is 6.45. The first-order valence-corrected chi connectivity index (χ1v) is 7.17. The van der Waals surface area contributed by atoms with Crippen molar-refractivity contribution in [1.82, 2.24) is 0 Å². The van der Waals surface area contributed by atoms with E-state index in [2.05, 4.69) is 15.8 Å². The lowest BCUT2D eigenvalue weighted by molar-refractivity contribution is 0.102. The van der Waals surface area contributed by atoms with Crippen molar-refractivity contribution in [1.29, 1.82) is 10.7 Å². The summed E-state index contributed by atoms with van der Waals surface area (Å²) < 4.78 is 5.11. The molecule has 8 nitrogen and oxygen atoms in total. The van der Waals surface area contributed by atoms with Crippen LogP contribution in [-0.4, -0.2) is 24.6 Å². The van der Waals surface area contributed by atoms with Crippen LogP contribution < -0.4 is 21.2 Å². The first-order valence-electron chi connectivity index (χ1n) is 7.17. The molecule has 1 amide bonds. The molecule has 0 bridgehead atoms. The van der Waals surface area contributed by atoms with Crippen LogP contribution in [0.4, 0.5) is 11.4 Å². The van der Waals surface area contributed by atoms with Crippen molar-refractivity contribution in [2.45, 2.75) is 0 Å². The number of carbonyl (C=O) groups is 1. The molecule has 2 aromatic carbocycles. The van der Waals surface area contributed by atoms with Gasteiger partial charge in [0.25, 0.3) is 5.91 Å². The van der Waals surface area contributed by atoms with Gasteiger partial charge in [0.1, 0.15) is 11.8 Å². The highest BCUT2D eigenvalue weighted by Crippen LogP contribution is 2.18. The Kier molecular flexibility index (Phi) is 5.68. The lowest BCUT2D eigenvalue weighted by Gasteiger charge is -2.08. The lowest BCUT2D eigenvalue weighted by atomic mass is 10.2. The molecule has 2 aromatic rings. The number of amides is 1. The SMILES string of the molecule is COc1cccc(NC(=O)c2ccc(N/N=C(\C#N)C(=N)N)cc2)c1. The molecule has 5 N–H and O–H groups in total. The van der Waals surface area contributed by atoms with E-state index < -0.39 is 5.84 Å². The molecule has 0 unspecified atom stereocenters. The molecular formula is C17H16N6O2. The number of benzene rings is 2. The Labute approximate surface area is 144 Å². The Bertz CT molecular complexity index is 852. The summed E-state index contributed by atoms with van der Waals surface area (Å²) >= 11 is 0. The Morgan fingerprint density at radius 2 is 1.96 bits per heavy atom. The predicted molar refractivity (Wildman–Crippen MR) is 96.0 cm³/mol. The fraction of sp³-hybridized carbons (Fsp3) is 0.0588. The van der Waals surface area contributed by atoms with Crippen LogP contribution in [0.1, 0.15) is 10.4 Å². The molecule has 0 saturated heterocycles. The summed E-state index contributed by atoms with van der Waals surface area (Å²) in [6.07, 6.45) is 0. The van der Waals surface area contributed by atoms with Gasteiger partial charge in [-0.1, -0.05) is 6.07 Å². The number of hydrogen-bond donors (Lipinski definition) is 4. The third-order valence-corrected chi connectivity index (χ3v) is 3.13. The van der Waals surface area contributed by atoms with Crippen LogP contribution in [0, 0.1) is 16.7 Å². The fourth-order valence-corrected chi connectivity index (χ4v) is 1.87. The summed E-state index contributed by atoms with van der Waals surface area (Å²) in [7, 11) is 1.55. The predicted octanol–water partition coefficient (Wildman–Crippen LogP) is 2.17. The van der Waals surface area contributed by atoms with Gasteiger partial charge in [0, 0.05) is 17.3 Å². The van der Waals surface area contributed by atoms with E-state index in [0.29, 0.717) is 22.7 Å². The minimum Gasteiger partial charge on any atom is -0.497 e. The van der Waals surface area contributed by atoms with E-state index in [0.717, 1.165) is 0 Å². The van der Waals surface area contributed by atoms with Gasteiger partial charge in [-0.25, -0.2) is 0 Å². The molecule has 0 atom stereocenters. The summed E-state index contributed by atoms with van der Waals surface area (Å²) in [6.45, 7) is 0. The molecule has 126 valence electrons. The summed E-state index contributed by atoms with van der Waals surface area (Å²) in [6, 6.07) is 15.2. The molecule has 0 aromatic heterocycles. The Hall–Kier alpha value is -3.86. The summed E-state index contributed by atoms with van der Waals surface area (Å²) in [5.41, 5.74) is 9.20. The van der Waals surface area contributed by atoms with Crippen molar-refractivity contribution < 1.29 is 9.53 Å². The number of nitrogens with one attached hydrogen (secondary N) is 3. The van der Waals surface area contributed by atoms with Gasteiger partial charge in [0.2, 0.25) is 5.71 Å². The Morgan fingerprint density at radius 1 is 1.24 bits per heavy atom. The normalized spacial score (nSPS) is 10.5. The monoisotopic (exact) mass is 336 g/mol. The number of anilines is 2. The maximum Gasteiger partial charge on any atom is 0.255 e. The van der Waals surface area contributed by atoms with Crippen molar-refractivity contribution >= 4 is 28.8 Å². The van der Waals surface area contributed by atoms with E-state index in [9.17, 15) is 4.79 Å². The lowest BCUT2D eigenvalue weighted by Crippen LogP contribution is -2.21. The van der Waals surface area contributed by atoms with E-state index in [4.69, 9.17) is 21.1 Å². The van der Waals surface area contributed by atoms with E-state index in [1.165, 1.54) is 0 Å². The van der Waals surface area contributed by atoms with Crippen molar-refractivity contribution in [2.24, 2.45) is 10.8 Å². The second-order valence-electron chi connectivity index (χ2n) is 4.86. The van der Waals surface area contributed by atoms with E-state index in [-0.39, 0.29) is 11.6 Å². The average Bonchev–Trinajstić information content (AvgIpc) is 2.62. The molecule has 0 spiro atoms. The minimum absolute atomic E-state index is 0.222. The van der Waals surface area contributed by atoms with Crippen molar-refractivity contribution in [2.75, 3.05) is 17.9 Å². The van der Waals surface area contributed by atoms with E-state index in [1.807, 2.05) is 0 Å². The number of amidine groups is 1. The van der Waals surface area contributed by atoms with E-state index in [1.54, 1.807) is 61.7 Å². The quantitative estimate of drug-likeness (QED) is 0.364. The second kappa shape index (κ2) is 8.12. The number of hydrazone groups is 1. The molecule has 2 rings (SSSR count). The molecule has 0 heterocycles. The Balaban J connectivity index is 2.05.